The van der Waals surface area contributed by atoms with Crippen LogP contribution in [-0.4, -0.2) is 20.5 Å². The van der Waals surface area contributed by atoms with Gasteiger partial charge in [0.2, 0.25) is 0 Å². The lowest BCUT2D eigenvalue weighted by Crippen LogP contribution is -1.94. The Hall–Kier alpha value is -3.19. The molecule has 0 unspecified atom stereocenters. The van der Waals surface area contributed by atoms with Gasteiger partial charge in [-0.15, -0.1) is 0 Å². The van der Waals surface area contributed by atoms with Crippen LogP contribution in [-0.2, 0) is 6.54 Å². The first kappa shape index (κ1) is 18.6. The number of carbonyl (C=O) groups is 1. The number of ketones is 1. The van der Waals surface area contributed by atoms with Gasteiger partial charge in [0.15, 0.2) is 5.78 Å². The van der Waals surface area contributed by atoms with Crippen molar-refractivity contribution in [3.05, 3.63) is 74.8 Å². The van der Waals surface area contributed by atoms with Crippen LogP contribution < -0.4 is 0 Å². The zero-order valence-electron chi connectivity index (χ0n) is 14.7. The zero-order valence-corrected chi connectivity index (χ0v) is 15.4. The third-order valence-electron chi connectivity index (χ3n) is 3.99. The molecule has 0 saturated heterocycles. The number of allylic oxidation sites excluding steroid dienone is 1. The Morgan fingerprint density at radius 3 is 2.81 bits per heavy atom. The van der Waals surface area contributed by atoms with Crippen molar-refractivity contribution in [3.63, 3.8) is 0 Å². The quantitative estimate of drug-likeness (QED) is 0.259. The Morgan fingerprint density at radius 2 is 2.15 bits per heavy atom. The average molecular weight is 386 g/mol. The van der Waals surface area contributed by atoms with E-state index in [4.69, 9.17) is 16.0 Å². The average Bonchev–Trinajstić information content (AvgIpc) is 3.26. The standard InChI is InChI=1S/C19H16ClN3O4/c1-3-22-11-16(12(2)21-22)18(24)8-5-14-6-9-19(27-14)15-10-13(23(25)26)4-7-17(15)20/h4-11H,3H2,1-2H3/b8-5-. The third-order valence-corrected chi connectivity index (χ3v) is 4.32. The van der Waals surface area contributed by atoms with E-state index in [0.29, 0.717) is 39.9 Å². The summed E-state index contributed by atoms with van der Waals surface area (Å²) < 4.78 is 7.36. The van der Waals surface area contributed by atoms with E-state index in [2.05, 4.69) is 5.10 Å². The minimum Gasteiger partial charge on any atom is -0.457 e. The van der Waals surface area contributed by atoms with Crippen molar-refractivity contribution < 1.29 is 14.1 Å². The van der Waals surface area contributed by atoms with Gasteiger partial charge in [-0.05, 0) is 44.2 Å². The predicted molar refractivity (Wildman–Crippen MR) is 102 cm³/mol. The molecule has 1 aromatic carbocycles. The molecule has 8 heteroatoms. The first-order valence-electron chi connectivity index (χ1n) is 8.19. The van der Waals surface area contributed by atoms with Crippen molar-refractivity contribution in [2.24, 2.45) is 0 Å². The smallest absolute Gasteiger partial charge is 0.270 e. The third kappa shape index (κ3) is 3.98. The second kappa shape index (κ2) is 7.59. The fourth-order valence-electron chi connectivity index (χ4n) is 2.57. The Morgan fingerprint density at radius 1 is 1.37 bits per heavy atom. The van der Waals surface area contributed by atoms with Crippen molar-refractivity contribution >= 4 is 29.1 Å². The number of benzene rings is 1. The topological polar surface area (TPSA) is 91.2 Å². The second-order valence-electron chi connectivity index (χ2n) is 5.80. The summed E-state index contributed by atoms with van der Waals surface area (Å²) in [5.74, 6) is 0.630. The van der Waals surface area contributed by atoms with Crippen LogP contribution in [0.5, 0.6) is 0 Å². The van der Waals surface area contributed by atoms with Crippen molar-refractivity contribution in [1.82, 2.24) is 9.78 Å². The number of nitrogens with zero attached hydrogens (tertiary/aromatic N) is 3. The lowest BCUT2D eigenvalue weighted by atomic mass is 10.1. The van der Waals surface area contributed by atoms with Crippen LogP contribution in [0.4, 0.5) is 5.69 Å². The summed E-state index contributed by atoms with van der Waals surface area (Å²) in [4.78, 5) is 22.8. The van der Waals surface area contributed by atoms with Gasteiger partial charge < -0.3 is 4.42 Å². The maximum absolute atomic E-state index is 12.3. The molecule has 0 atom stereocenters. The monoisotopic (exact) mass is 385 g/mol. The minimum absolute atomic E-state index is 0.0820. The number of nitro groups is 1. The number of aromatic nitrogens is 2. The van der Waals surface area contributed by atoms with Crippen molar-refractivity contribution in [3.8, 4) is 11.3 Å². The molecule has 0 aliphatic rings. The lowest BCUT2D eigenvalue weighted by molar-refractivity contribution is -0.384. The van der Waals surface area contributed by atoms with Gasteiger partial charge in [-0.3, -0.25) is 19.6 Å². The summed E-state index contributed by atoms with van der Waals surface area (Å²) in [6, 6.07) is 7.44. The van der Waals surface area contributed by atoms with Gasteiger partial charge in [-0.25, -0.2) is 0 Å². The number of rotatable bonds is 6. The maximum atomic E-state index is 12.3. The highest BCUT2D eigenvalue weighted by molar-refractivity contribution is 6.33. The molecular formula is C19H16ClN3O4. The Labute approximate surface area is 160 Å². The number of halogens is 1. The molecule has 27 heavy (non-hydrogen) atoms. The van der Waals surface area contributed by atoms with E-state index in [0.717, 1.165) is 0 Å². The number of aryl methyl sites for hydroxylation is 2. The molecule has 2 heterocycles. The summed E-state index contributed by atoms with van der Waals surface area (Å²) in [5, 5.41) is 15.5. The molecular weight excluding hydrogens is 370 g/mol. The molecule has 0 amide bonds. The molecule has 138 valence electrons. The Kier molecular flexibility index (Phi) is 5.23. The molecule has 2 aromatic heterocycles. The SMILES string of the molecule is CCn1cc(C(=O)/C=C\c2ccc(-c3cc([N+](=O)[O-])ccc3Cl)o2)c(C)n1. The summed E-state index contributed by atoms with van der Waals surface area (Å²) in [5.41, 5.74) is 1.52. The molecule has 0 saturated carbocycles. The van der Waals surface area contributed by atoms with E-state index < -0.39 is 4.92 Å². The van der Waals surface area contributed by atoms with Crippen LogP contribution in [0.2, 0.25) is 5.02 Å². The lowest BCUT2D eigenvalue weighted by Gasteiger charge is -2.00. The molecule has 0 aliphatic carbocycles. The molecule has 0 bridgehead atoms. The summed E-state index contributed by atoms with van der Waals surface area (Å²) >= 11 is 6.12. The van der Waals surface area contributed by atoms with Crippen LogP contribution in [0, 0.1) is 17.0 Å². The predicted octanol–water partition coefficient (Wildman–Crippen LogP) is 4.93. The van der Waals surface area contributed by atoms with Gasteiger partial charge in [0.25, 0.3) is 5.69 Å². The van der Waals surface area contributed by atoms with E-state index in [1.54, 1.807) is 36.0 Å². The summed E-state index contributed by atoms with van der Waals surface area (Å²) in [7, 11) is 0. The van der Waals surface area contributed by atoms with E-state index in [1.807, 2.05) is 6.92 Å². The number of nitro benzene ring substituents is 1. The van der Waals surface area contributed by atoms with Crippen LogP contribution >= 0.6 is 11.6 Å². The van der Waals surface area contributed by atoms with E-state index in [-0.39, 0.29) is 11.5 Å². The molecule has 0 fully saturated rings. The van der Waals surface area contributed by atoms with Gasteiger partial charge in [0.05, 0.1) is 21.2 Å². The zero-order chi connectivity index (χ0) is 19.6. The van der Waals surface area contributed by atoms with Gasteiger partial charge in [0.1, 0.15) is 11.5 Å². The fourth-order valence-corrected chi connectivity index (χ4v) is 2.78. The van der Waals surface area contributed by atoms with Crippen molar-refractivity contribution in [2.45, 2.75) is 20.4 Å². The minimum atomic E-state index is -0.499. The van der Waals surface area contributed by atoms with Crippen LogP contribution in [0.1, 0.15) is 28.7 Å². The fraction of sp³-hybridized carbons (Fsp3) is 0.158. The maximum Gasteiger partial charge on any atom is 0.270 e. The Bertz CT molecular complexity index is 1050. The normalized spacial score (nSPS) is 11.2. The Balaban J connectivity index is 1.83. The number of non-ortho nitro benzene ring substituents is 1. The molecule has 0 radical (unpaired) electrons. The van der Waals surface area contributed by atoms with E-state index >= 15 is 0 Å². The van der Waals surface area contributed by atoms with Gasteiger partial charge in [0, 0.05) is 30.4 Å². The van der Waals surface area contributed by atoms with Crippen LogP contribution in [0.15, 0.2) is 47.0 Å². The highest BCUT2D eigenvalue weighted by Crippen LogP contribution is 2.32. The van der Waals surface area contributed by atoms with E-state index in [9.17, 15) is 14.9 Å². The first-order valence-corrected chi connectivity index (χ1v) is 8.57. The number of carbonyl (C=O) groups excluding carboxylic acids is 1. The molecule has 0 N–H and O–H groups in total. The van der Waals surface area contributed by atoms with Crippen LogP contribution in [0.25, 0.3) is 17.4 Å². The number of hydrogen-bond acceptors (Lipinski definition) is 5. The molecule has 7 nitrogen and oxygen atoms in total. The first-order chi connectivity index (χ1) is 12.9. The number of furan rings is 1. The molecule has 0 aliphatic heterocycles. The summed E-state index contributed by atoms with van der Waals surface area (Å²) in [6.07, 6.45) is 4.65. The van der Waals surface area contributed by atoms with E-state index in [1.165, 1.54) is 24.3 Å². The highest BCUT2D eigenvalue weighted by atomic mass is 35.5. The summed E-state index contributed by atoms with van der Waals surface area (Å²) in [6.45, 7) is 4.41. The number of hydrogen-bond donors (Lipinski definition) is 0. The van der Waals surface area contributed by atoms with Crippen LogP contribution in [0.3, 0.4) is 0 Å². The van der Waals surface area contributed by atoms with Crippen molar-refractivity contribution in [1.29, 1.82) is 0 Å². The molecule has 3 aromatic rings. The largest absolute Gasteiger partial charge is 0.457 e. The van der Waals surface area contributed by atoms with Gasteiger partial charge in [-0.2, -0.15) is 5.10 Å². The van der Waals surface area contributed by atoms with Gasteiger partial charge in [-0.1, -0.05) is 11.6 Å². The van der Waals surface area contributed by atoms with Gasteiger partial charge >= 0.3 is 0 Å². The second-order valence-corrected chi connectivity index (χ2v) is 6.21. The van der Waals surface area contributed by atoms with Crippen molar-refractivity contribution in [2.75, 3.05) is 0 Å². The highest BCUT2D eigenvalue weighted by Gasteiger charge is 2.14. The molecule has 3 rings (SSSR count). The molecule has 0 spiro atoms.